The highest BCUT2D eigenvalue weighted by Gasteiger charge is 2.13. The van der Waals surface area contributed by atoms with Gasteiger partial charge in [0.05, 0.1) is 0 Å². The Labute approximate surface area is 95.1 Å². The molecule has 2 rings (SSSR count). The van der Waals surface area contributed by atoms with Gasteiger partial charge in [-0.25, -0.2) is 0 Å². The minimum atomic E-state index is -0.588. The van der Waals surface area contributed by atoms with Crippen molar-refractivity contribution in [1.29, 1.82) is 0 Å². The number of hydrogen-bond donors (Lipinski definition) is 2. The molecule has 0 aliphatic rings. The van der Waals surface area contributed by atoms with Crippen molar-refractivity contribution < 1.29 is 9.52 Å². The van der Waals surface area contributed by atoms with E-state index in [0.29, 0.717) is 18.3 Å². The van der Waals surface area contributed by atoms with Gasteiger partial charge in [0.2, 0.25) is 0 Å². The minimum absolute atomic E-state index is 0.360. The molecule has 0 aliphatic carbocycles. The van der Waals surface area contributed by atoms with E-state index in [9.17, 15) is 5.11 Å². The number of aliphatic hydroxyl groups excluding tert-OH is 1. The number of furan rings is 1. The summed E-state index contributed by atoms with van der Waals surface area (Å²) in [6.07, 6.45) is -0.588. The third-order valence-electron chi connectivity index (χ3n) is 2.49. The largest absolute Gasteiger partial charge is 0.458 e. The second kappa shape index (κ2) is 4.68. The summed E-state index contributed by atoms with van der Waals surface area (Å²) >= 11 is 0. The fraction of sp³-hybridized carbons (Fsp3) is 0.385. The van der Waals surface area contributed by atoms with Crippen LogP contribution in [0.2, 0.25) is 0 Å². The average Bonchev–Trinajstić information content (AvgIpc) is 2.69. The Hall–Kier alpha value is -1.32. The first kappa shape index (κ1) is 11.2. The lowest BCUT2D eigenvalue weighted by atomic mass is 10.2. The summed E-state index contributed by atoms with van der Waals surface area (Å²) in [6.45, 7) is 4.61. The van der Waals surface area contributed by atoms with Crippen LogP contribution < -0.4 is 5.32 Å². The van der Waals surface area contributed by atoms with Crippen molar-refractivity contribution in [1.82, 2.24) is 5.32 Å². The summed E-state index contributed by atoms with van der Waals surface area (Å²) in [5.41, 5.74) is 0.820. The van der Waals surface area contributed by atoms with Crippen LogP contribution in [0.25, 0.3) is 11.0 Å². The van der Waals surface area contributed by atoms with E-state index in [0.717, 1.165) is 11.0 Å². The molecule has 0 fully saturated rings. The quantitative estimate of drug-likeness (QED) is 0.830. The number of rotatable bonds is 4. The maximum atomic E-state index is 9.91. The van der Waals surface area contributed by atoms with Crippen molar-refractivity contribution in [2.24, 2.45) is 0 Å². The summed E-state index contributed by atoms with van der Waals surface area (Å²) in [5.74, 6) is 0.620. The first-order chi connectivity index (χ1) is 7.66. The lowest BCUT2D eigenvalue weighted by molar-refractivity contribution is 0.147. The van der Waals surface area contributed by atoms with E-state index in [1.54, 1.807) is 0 Å². The molecule has 2 aromatic rings. The Morgan fingerprint density at radius 3 is 2.75 bits per heavy atom. The zero-order valence-electron chi connectivity index (χ0n) is 9.60. The van der Waals surface area contributed by atoms with Crippen LogP contribution in [0.5, 0.6) is 0 Å². The molecule has 3 heteroatoms. The molecule has 2 N–H and O–H groups in total. The maximum Gasteiger partial charge on any atom is 0.135 e. The third-order valence-corrected chi connectivity index (χ3v) is 2.49. The lowest BCUT2D eigenvalue weighted by Gasteiger charge is -2.11. The van der Waals surface area contributed by atoms with E-state index in [4.69, 9.17) is 4.42 Å². The Kier molecular flexibility index (Phi) is 3.27. The average molecular weight is 219 g/mol. The summed E-state index contributed by atoms with van der Waals surface area (Å²) in [4.78, 5) is 0. The molecular formula is C13H17NO2. The number of benzene rings is 1. The molecule has 1 unspecified atom stereocenters. The second-order valence-electron chi connectivity index (χ2n) is 4.27. The highest BCUT2D eigenvalue weighted by Crippen LogP contribution is 2.23. The SMILES string of the molecule is CC(C)NCC(O)c1cc2ccccc2o1. The molecule has 0 saturated carbocycles. The first-order valence-electron chi connectivity index (χ1n) is 5.57. The zero-order valence-corrected chi connectivity index (χ0v) is 9.60. The van der Waals surface area contributed by atoms with Gasteiger partial charge in [-0.1, -0.05) is 32.0 Å². The van der Waals surface area contributed by atoms with Crippen LogP contribution >= 0.6 is 0 Å². The number of fused-ring (bicyclic) bond motifs is 1. The van der Waals surface area contributed by atoms with E-state index >= 15 is 0 Å². The van der Waals surface area contributed by atoms with E-state index in [1.165, 1.54) is 0 Å². The molecule has 1 aromatic heterocycles. The number of nitrogens with one attached hydrogen (secondary N) is 1. The van der Waals surface area contributed by atoms with Crippen LogP contribution in [-0.2, 0) is 0 Å². The van der Waals surface area contributed by atoms with Gasteiger partial charge in [0.25, 0.3) is 0 Å². The predicted molar refractivity (Wildman–Crippen MR) is 64.3 cm³/mol. The molecule has 0 bridgehead atoms. The van der Waals surface area contributed by atoms with E-state index in [1.807, 2.05) is 44.2 Å². The van der Waals surface area contributed by atoms with Gasteiger partial charge in [-0.15, -0.1) is 0 Å². The number of para-hydroxylation sites is 1. The van der Waals surface area contributed by atoms with Crippen LogP contribution in [-0.4, -0.2) is 17.7 Å². The highest BCUT2D eigenvalue weighted by atomic mass is 16.4. The molecular weight excluding hydrogens is 202 g/mol. The molecule has 1 atom stereocenters. The summed E-state index contributed by atoms with van der Waals surface area (Å²) in [6, 6.07) is 10.0. The van der Waals surface area contributed by atoms with Gasteiger partial charge in [0.1, 0.15) is 17.4 Å². The maximum absolute atomic E-state index is 9.91. The van der Waals surface area contributed by atoms with Crippen LogP contribution in [0.4, 0.5) is 0 Å². The van der Waals surface area contributed by atoms with Crippen molar-refractivity contribution >= 4 is 11.0 Å². The van der Waals surface area contributed by atoms with Crippen LogP contribution in [0.15, 0.2) is 34.7 Å². The van der Waals surface area contributed by atoms with E-state index in [2.05, 4.69) is 5.32 Å². The molecule has 1 aromatic carbocycles. The van der Waals surface area contributed by atoms with E-state index in [-0.39, 0.29) is 0 Å². The topological polar surface area (TPSA) is 45.4 Å². The third kappa shape index (κ3) is 2.43. The molecule has 1 heterocycles. The molecule has 0 radical (unpaired) electrons. The molecule has 86 valence electrons. The Bertz CT molecular complexity index is 429. The van der Waals surface area contributed by atoms with Gasteiger partial charge in [0.15, 0.2) is 0 Å². The lowest BCUT2D eigenvalue weighted by Crippen LogP contribution is -2.27. The Morgan fingerprint density at radius 1 is 1.31 bits per heavy atom. The molecule has 0 aliphatic heterocycles. The van der Waals surface area contributed by atoms with Gasteiger partial charge in [-0.3, -0.25) is 0 Å². The van der Waals surface area contributed by atoms with Gasteiger partial charge in [-0.05, 0) is 12.1 Å². The second-order valence-corrected chi connectivity index (χ2v) is 4.27. The monoisotopic (exact) mass is 219 g/mol. The van der Waals surface area contributed by atoms with Crippen molar-refractivity contribution in [2.45, 2.75) is 26.0 Å². The van der Waals surface area contributed by atoms with Crippen molar-refractivity contribution in [3.63, 3.8) is 0 Å². The van der Waals surface area contributed by atoms with Crippen molar-refractivity contribution in [3.8, 4) is 0 Å². The zero-order chi connectivity index (χ0) is 11.5. The van der Waals surface area contributed by atoms with Gasteiger partial charge < -0.3 is 14.8 Å². The molecule has 16 heavy (non-hydrogen) atoms. The normalized spacial score (nSPS) is 13.5. The Morgan fingerprint density at radius 2 is 2.06 bits per heavy atom. The van der Waals surface area contributed by atoms with Crippen molar-refractivity contribution in [3.05, 3.63) is 36.1 Å². The van der Waals surface area contributed by atoms with Gasteiger partial charge >= 0.3 is 0 Å². The minimum Gasteiger partial charge on any atom is -0.458 e. The Balaban J connectivity index is 2.13. The van der Waals surface area contributed by atoms with Gasteiger partial charge in [-0.2, -0.15) is 0 Å². The first-order valence-corrected chi connectivity index (χ1v) is 5.57. The van der Waals surface area contributed by atoms with Crippen LogP contribution in [0.3, 0.4) is 0 Å². The summed E-state index contributed by atoms with van der Waals surface area (Å²) in [5, 5.41) is 14.1. The van der Waals surface area contributed by atoms with Crippen LogP contribution in [0, 0.1) is 0 Å². The molecule has 0 amide bonds. The number of hydrogen-bond acceptors (Lipinski definition) is 3. The fourth-order valence-electron chi connectivity index (χ4n) is 1.61. The van der Waals surface area contributed by atoms with Crippen LogP contribution in [0.1, 0.15) is 25.7 Å². The fourth-order valence-corrected chi connectivity index (χ4v) is 1.61. The van der Waals surface area contributed by atoms with Gasteiger partial charge in [0, 0.05) is 18.0 Å². The molecule has 0 spiro atoms. The van der Waals surface area contributed by atoms with E-state index < -0.39 is 6.10 Å². The standard InChI is InChI=1S/C13H17NO2/c1-9(2)14-8-11(15)13-7-10-5-3-4-6-12(10)16-13/h3-7,9,11,14-15H,8H2,1-2H3. The highest BCUT2D eigenvalue weighted by molar-refractivity contribution is 5.77. The molecule has 3 nitrogen and oxygen atoms in total. The predicted octanol–water partition coefficient (Wildman–Crippen LogP) is 2.46. The summed E-state index contributed by atoms with van der Waals surface area (Å²) < 4.78 is 5.57. The molecule has 0 saturated heterocycles. The smallest absolute Gasteiger partial charge is 0.135 e. The van der Waals surface area contributed by atoms with Crippen molar-refractivity contribution in [2.75, 3.05) is 6.54 Å². The number of aliphatic hydroxyl groups is 1. The summed E-state index contributed by atoms with van der Waals surface area (Å²) in [7, 11) is 0.